The van der Waals surface area contributed by atoms with E-state index in [-0.39, 0.29) is 0 Å². The number of phenols is 1. The van der Waals surface area contributed by atoms with Gasteiger partial charge in [0.15, 0.2) is 0 Å². The lowest BCUT2D eigenvalue weighted by atomic mass is 9.99. The summed E-state index contributed by atoms with van der Waals surface area (Å²) in [6, 6.07) is 12.6. The molecular formula is C18H19NO. The maximum atomic E-state index is 9.87. The monoisotopic (exact) mass is 265 g/mol. The van der Waals surface area contributed by atoms with Gasteiger partial charge in [-0.3, -0.25) is 0 Å². The van der Waals surface area contributed by atoms with Crippen LogP contribution >= 0.6 is 0 Å². The van der Waals surface area contributed by atoms with Crippen molar-refractivity contribution in [2.45, 2.75) is 20.3 Å². The summed E-state index contributed by atoms with van der Waals surface area (Å²) in [6.45, 7) is 3.91. The molecule has 0 atom stereocenters. The molecule has 0 saturated carbocycles. The van der Waals surface area contributed by atoms with Crippen LogP contribution in [0, 0.1) is 13.8 Å². The fraction of sp³-hybridized carbons (Fsp3) is 0.222. The maximum absolute atomic E-state index is 9.87. The van der Waals surface area contributed by atoms with E-state index >= 15 is 0 Å². The number of aromatic nitrogens is 1. The Morgan fingerprint density at radius 3 is 2.40 bits per heavy atom. The van der Waals surface area contributed by atoms with Crippen molar-refractivity contribution in [1.29, 1.82) is 0 Å². The van der Waals surface area contributed by atoms with Gasteiger partial charge in [-0.1, -0.05) is 30.3 Å². The molecule has 102 valence electrons. The van der Waals surface area contributed by atoms with E-state index in [0.29, 0.717) is 5.75 Å². The molecule has 3 aromatic rings. The second-order valence-corrected chi connectivity index (χ2v) is 5.54. The first-order chi connectivity index (χ1) is 9.56. The van der Waals surface area contributed by atoms with Crippen LogP contribution in [-0.2, 0) is 13.5 Å². The van der Waals surface area contributed by atoms with Gasteiger partial charge in [-0.25, -0.2) is 0 Å². The molecule has 0 aliphatic carbocycles. The lowest BCUT2D eigenvalue weighted by Gasteiger charge is -2.07. The molecule has 20 heavy (non-hydrogen) atoms. The van der Waals surface area contributed by atoms with Gasteiger partial charge in [0.1, 0.15) is 5.75 Å². The summed E-state index contributed by atoms with van der Waals surface area (Å²) in [6.07, 6.45) is 3.09. The number of para-hydroxylation sites is 1. The predicted octanol–water partition coefficient (Wildman–Crippen LogP) is 4.09. The Hall–Kier alpha value is -2.22. The molecule has 0 radical (unpaired) electrons. The lowest BCUT2D eigenvalue weighted by molar-refractivity contribution is 0.466. The molecule has 0 aliphatic heterocycles. The van der Waals surface area contributed by atoms with Gasteiger partial charge in [0.2, 0.25) is 0 Å². The second-order valence-electron chi connectivity index (χ2n) is 5.54. The highest BCUT2D eigenvalue weighted by molar-refractivity contribution is 5.84. The topological polar surface area (TPSA) is 25.2 Å². The van der Waals surface area contributed by atoms with Crippen LogP contribution < -0.4 is 0 Å². The van der Waals surface area contributed by atoms with Crippen LogP contribution in [0.25, 0.3) is 10.9 Å². The first kappa shape index (κ1) is 12.8. The van der Waals surface area contributed by atoms with Crippen LogP contribution in [0.2, 0.25) is 0 Å². The minimum atomic E-state index is 0.409. The Labute approximate surface area is 119 Å². The van der Waals surface area contributed by atoms with E-state index in [2.05, 4.69) is 54.2 Å². The number of rotatable bonds is 2. The van der Waals surface area contributed by atoms with Crippen molar-refractivity contribution in [3.63, 3.8) is 0 Å². The first-order valence-electron chi connectivity index (χ1n) is 6.88. The molecule has 1 aromatic heterocycles. The molecule has 0 unspecified atom stereocenters. The fourth-order valence-electron chi connectivity index (χ4n) is 2.93. The summed E-state index contributed by atoms with van der Waals surface area (Å²) in [5.41, 5.74) is 5.72. The number of aromatic hydroxyl groups is 1. The van der Waals surface area contributed by atoms with Gasteiger partial charge in [0.25, 0.3) is 0 Å². The van der Waals surface area contributed by atoms with Crippen LogP contribution in [-0.4, -0.2) is 9.67 Å². The van der Waals surface area contributed by atoms with E-state index in [1.54, 1.807) is 0 Å². The Bertz CT molecular complexity index is 760. The Kier molecular flexibility index (Phi) is 3.01. The number of hydrogen-bond acceptors (Lipinski definition) is 1. The minimum absolute atomic E-state index is 0.409. The average molecular weight is 265 g/mol. The summed E-state index contributed by atoms with van der Waals surface area (Å²) in [5, 5.41) is 11.2. The number of aryl methyl sites for hydroxylation is 3. The minimum Gasteiger partial charge on any atom is -0.507 e. The molecule has 0 bridgehead atoms. The molecule has 1 N–H and O–H groups in total. The number of phenolic OH excluding ortho intramolecular Hbond substituents is 1. The number of benzene rings is 2. The third kappa shape index (κ3) is 2.07. The second kappa shape index (κ2) is 4.71. The molecule has 2 aromatic carbocycles. The first-order valence-corrected chi connectivity index (χ1v) is 6.88. The van der Waals surface area contributed by atoms with Crippen LogP contribution in [0.3, 0.4) is 0 Å². The smallest absolute Gasteiger partial charge is 0.121 e. The Morgan fingerprint density at radius 1 is 1.05 bits per heavy atom. The molecular weight excluding hydrogens is 246 g/mol. The molecule has 0 aliphatic rings. The zero-order valence-electron chi connectivity index (χ0n) is 12.1. The van der Waals surface area contributed by atoms with Gasteiger partial charge in [-0.15, -0.1) is 0 Å². The van der Waals surface area contributed by atoms with Crippen LogP contribution in [0.1, 0.15) is 22.3 Å². The molecule has 0 saturated heterocycles. The molecule has 0 fully saturated rings. The van der Waals surface area contributed by atoms with E-state index in [9.17, 15) is 5.11 Å². The molecule has 2 heteroatoms. The van der Waals surface area contributed by atoms with Crippen molar-refractivity contribution in [1.82, 2.24) is 4.57 Å². The fourth-order valence-corrected chi connectivity index (χ4v) is 2.93. The number of hydrogen-bond donors (Lipinski definition) is 1. The highest BCUT2D eigenvalue weighted by Crippen LogP contribution is 2.27. The maximum Gasteiger partial charge on any atom is 0.121 e. The van der Waals surface area contributed by atoms with Crippen molar-refractivity contribution < 1.29 is 5.11 Å². The summed E-state index contributed by atoms with van der Waals surface area (Å²) in [5.74, 6) is 0.409. The highest BCUT2D eigenvalue weighted by Gasteiger charge is 2.09. The van der Waals surface area contributed by atoms with E-state index in [1.807, 2.05) is 13.8 Å². The van der Waals surface area contributed by atoms with Crippen molar-refractivity contribution in [2.75, 3.05) is 0 Å². The van der Waals surface area contributed by atoms with Gasteiger partial charge in [-0.2, -0.15) is 0 Å². The molecule has 0 spiro atoms. The Morgan fingerprint density at radius 2 is 1.70 bits per heavy atom. The Balaban J connectivity index is 2.06. The largest absolute Gasteiger partial charge is 0.507 e. The normalized spacial score (nSPS) is 11.2. The molecule has 0 amide bonds. The number of nitrogens with zero attached hydrogens (tertiary/aromatic N) is 1. The molecule has 2 nitrogen and oxygen atoms in total. The van der Waals surface area contributed by atoms with Crippen LogP contribution in [0.5, 0.6) is 5.75 Å². The summed E-state index contributed by atoms with van der Waals surface area (Å²) in [7, 11) is 2.08. The van der Waals surface area contributed by atoms with Crippen molar-refractivity contribution in [2.24, 2.45) is 7.05 Å². The van der Waals surface area contributed by atoms with E-state index in [1.165, 1.54) is 22.0 Å². The van der Waals surface area contributed by atoms with Crippen LogP contribution in [0.15, 0.2) is 42.6 Å². The van der Waals surface area contributed by atoms with Gasteiger partial charge < -0.3 is 9.67 Å². The van der Waals surface area contributed by atoms with Crippen molar-refractivity contribution in [3.8, 4) is 5.75 Å². The quantitative estimate of drug-likeness (QED) is 0.741. The SMILES string of the molecule is Cc1cc(Cc2cn(C)c3ccccc23)cc(C)c1O. The van der Waals surface area contributed by atoms with Crippen molar-refractivity contribution >= 4 is 10.9 Å². The summed E-state index contributed by atoms with van der Waals surface area (Å²) in [4.78, 5) is 0. The van der Waals surface area contributed by atoms with Crippen molar-refractivity contribution in [3.05, 3.63) is 64.8 Å². The number of fused-ring (bicyclic) bond motifs is 1. The molecule has 1 heterocycles. The van der Waals surface area contributed by atoms with Gasteiger partial charge in [0.05, 0.1) is 0 Å². The van der Waals surface area contributed by atoms with E-state index in [4.69, 9.17) is 0 Å². The van der Waals surface area contributed by atoms with Crippen LogP contribution in [0.4, 0.5) is 0 Å². The van der Waals surface area contributed by atoms with Gasteiger partial charge in [0, 0.05) is 24.1 Å². The zero-order chi connectivity index (χ0) is 14.3. The third-order valence-electron chi connectivity index (χ3n) is 3.92. The van der Waals surface area contributed by atoms with E-state index < -0.39 is 0 Å². The highest BCUT2D eigenvalue weighted by atomic mass is 16.3. The standard InChI is InChI=1S/C18H19NO/c1-12-8-14(9-13(2)18(12)20)10-15-11-19(3)17-7-5-4-6-16(15)17/h4-9,11,20H,10H2,1-3H3. The lowest BCUT2D eigenvalue weighted by Crippen LogP contribution is -1.91. The predicted molar refractivity (Wildman–Crippen MR) is 83.3 cm³/mol. The third-order valence-corrected chi connectivity index (χ3v) is 3.92. The van der Waals surface area contributed by atoms with Gasteiger partial charge in [-0.05, 0) is 48.6 Å². The molecule has 3 rings (SSSR count). The van der Waals surface area contributed by atoms with E-state index in [0.717, 1.165) is 17.5 Å². The zero-order valence-corrected chi connectivity index (χ0v) is 12.1. The summed E-state index contributed by atoms with van der Waals surface area (Å²) < 4.78 is 2.17. The van der Waals surface area contributed by atoms with Gasteiger partial charge >= 0.3 is 0 Å². The summed E-state index contributed by atoms with van der Waals surface area (Å²) >= 11 is 0. The average Bonchev–Trinajstić information content (AvgIpc) is 2.73.